The van der Waals surface area contributed by atoms with Gasteiger partial charge in [-0.25, -0.2) is 4.79 Å². The number of hydrogen-bond acceptors (Lipinski definition) is 4. The highest BCUT2D eigenvalue weighted by Crippen LogP contribution is 2.32. The van der Waals surface area contributed by atoms with Crippen molar-refractivity contribution >= 4 is 28.6 Å². The molecule has 1 saturated heterocycles. The molecule has 2 rings (SSSR count). The predicted octanol–water partition coefficient (Wildman–Crippen LogP) is 4.48. The van der Waals surface area contributed by atoms with Gasteiger partial charge in [-0.1, -0.05) is 18.2 Å². The quantitative estimate of drug-likeness (QED) is 0.511. The largest absolute Gasteiger partial charge is 0.459 e. The van der Waals surface area contributed by atoms with E-state index < -0.39 is 5.79 Å². The minimum absolute atomic E-state index is 0.125. The van der Waals surface area contributed by atoms with E-state index in [1.165, 1.54) is 0 Å². The van der Waals surface area contributed by atoms with Crippen LogP contribution in [0, 0.1) is 0 Å². The Kier molecular flexibility index (Phi) is 6.22. The average Bonchev–Trinajstić information content (AvgIpc) is 2.72. The van der Waals surface area contributed by atoms with Crippen molar-refractivity contribution in [3.8, 4) is 0 Å². The van der Waals surface area contributed by atoms with E-state index >= 15 is 0 Å². The van der Waals surface area contributed by atoms with E-state index in [-0.39, 0.29) is 24.3 Å². The Morgan fingerprint density at radius 2 is 2.00 bits per heavy atom. The molecule has 0 spiro atoms. The van der Waals surface area contributed by atoms with Crippen LogP contribution in [0.1, 0.15) is 44.5 Å². The molecule has 0 bridgehead atoms. The summed E-state index contributed by atoms with van der Waals surface area (Å²) in [5.74, 6) is -0.936. The highest BCUT2D eigenvalue weighted by Gasteiger charge is 2.41. The molecule has 5 heteroatoms. The smallest absolute Gasteiger partial charge is 0.338 e. The Morgan fingerprint density at radius 1 is 1.35 bits per heavy atom. The summed E-state index contributed by atoms with van der Waals surface area (Å²) in [6.45, 7) is 7.70. The second-order valence-corrected chi connectivity index (χ2v) is 7.91. The van der Waals surface area contributed by atoms with Crippen molar-refractivity contribution in [2.24, 2.45) is 0 Å². The Labute approximate surface area is 151 Å². The number of benzene rings is 1. The summed E-state index contributed by atoms with van der Waals surface area (Å²) < 4.78 is 18.5. The second kappa shape index (κ2) is 7.77. The van der Waals surface area contributed by atoms with Crippen LogP contribution in [0.5, 0.6) is 0 Å². The maximum atomic E-state index is 12.1. The van der Waals surface area contributed by atoms with Crippen LogP contribution in [0.15, 0.2) is 40.0 Å². The van der Waals surface area contributed by atoms with Gasteiger partial charge in [-0.3, -0.25) is 0 Å². The van der Waals surface area contributed by atoms with Crippen LogP contribution < -0.4 is 0 Å². The standard InChI is InChI=1S/C18H23IO4/c1-12(19)10-15-16(23-18(3,4)22-15)11-13(2)21-17(20)14-8-6-5-7-9-14/h5-10,13,15-16H,11H2,1-4H3/b12-10-/t13-,15-,16-/m0/s1. The molecule has 0 N–H and O–H groups in total. The zero-order valence-electron chi connectivity index (χ0n) is 13.9. The number of halogens is 1. The SMILES string of the molecule is C/C(I)=C/[C@@H]1OC(C)(C)O[C@H]1C[C@H](C)OC(=O)c1ccccc1. The zero-order valence-corrected chi connectivity index (χ0v) is 16.1. The molecule has 3 atom stereocenters. The molecule has 23 heavy (non-hydrogen) atoms. The number of allylic oxidation sites excluding steroid dienone is 1. The fourth-order valence-corrected chi connectivity index (χ4v) is 2.97. The van der Waals surface area contributed by atoms with Gasteiger partial charge in [0, 0.05) is 6.42 Å². The zero-order chi connectivity index (χ0) is 17.0. The van der Waals surface area contributed by atoms with E-state index in [4.69, 9.17) is 14.2 Å². The normalized spacial score (nSPS) is 25.2. The van der Waals surface area contributed by atoms with Crippen LogP contribution >= 0.6 is 22.6 Å². The summed E-state index contributed by atoms with van der Waals surface area (Å²) in [5.41, 5.74) is 0.558. The first-order valence-electron chi connectivity index (χ1n) is 7.72. The molecular weight excluding hydrogens is 407 g/mol. The van der Waals surface area contributed by atoms with Crippen molar-refractivity contribution in [3.63, 3.8) is 0 Å². The van der Waals surface area contributed by atoms with Crippen molar-refractivity contribution in [3.05, 3.63) is 45.6 Å². The Bertz CT molecular complexity index is 564. The lowest BCUT2D eigenvalue weighted by Crippen LogP contribution is -2.28. The maximum absolute atomic E-state index is 12.1. The second-order valence-electron chi connectivity index (χ2n) is 6.21. The summed E-state index contributed by atoms with van der Waals surface area (Å²) in [7, 11) is 0. The van der Waals surface area contributed by atoms with Crippen molar-refractivity contribution < 1.29 is 19.0 Å². The molecule has 1 aliphatic heterocycles. The molecule has 0 saturated carbocycles. The van der Waals surface area contributed by atoms with Crippen LogP contribution in [-0.2, 0) is 14.2 Å². The van der Waals surface area contributed by atoms with E-state index in [0.29, 0.717) is 12.0 Å². The minimum atomic E-state index is -0.624. The average molecular weight is 430 g/mol. The van der Waals surface area contributed by atoms with Gasteiger partial charge in [-0.15, -0.1) is 0 Å². The van der Waals surface area contributed by atoms with Crippen molar-refractivity contribution in [2.45, 2.75) is 58.2 Å². The molecule has 1 heterocycles. The van der Waals surface area contributed by atoms with Gasteiger partial charge in [0.15, 0.2) is 5.79 Å². The molecule has 1 aromatic rings. The molecule has 4 nitrogen and oxygen atoms in total. The number of esters is 1. The first-order valence-corrected chi connectivity index (χ1v) is 8.80. The molecular formula is C18H23IO4. The van der Waals surface area contributed by atoms with Gasteiger partial charge < -0.3 is 14.2 Å². The molecule has 126 valence electrons. The van der Waals surface area contributed by atoms with Crippen LogP contribution in [-0.4, -0.2) is 30.1 Å². The highest BCUT2D eigenvalue weighted by molar-refractivity contribution is 14.1. The lowest BCUT2D eigenvalue weighted by molar-refractivity contribution is -0.145. The summed E-state index contributed by atoms with van der Waals surface area (Å²) in [6.07, 6.45) is 2.13. The molecule has 1 fully saturated rings. The molecule has 0 aliphatic carbocycles. The predicted molar refractivity (Wildman–Crippen MR) is 97.5 cm³/mol. The van der Waals surface area contributed by atoms with Crippen LogP contribution in [0.25, 0.3) is 0 Å². The van der Waals surface area contributed by atoms with Crippen LogP contribution in [0.4, 0.5) is 0 Å². The van der Waals surface area contributed by atoms with E-state index in [1.807, 2.05) is 52.0 Å². The number of hydrogen-bond donors (Lipinski definition) is 0. The van der Waals surface area contributed by atoms with Gasteiger partial charge >= 0.3 is 5.97 Å². The van der Waals surface area contributed by atoms with Crippen LogP contribution in [0.2, 0.25) is 0 Å². The first-order chi connectivity index (χ1) is 10.8. The Hall–Kier alpha value is -0.920. The van der Waals surface area contributed by atoms with Gasteiger partial charge in [0.1, 0.15) is 12.2 Å². The van der Waals surface area contributed by atoms with Gasteiger partial charge in [0.2, 0.25) is 0 Å². The molecule has 1 aromatic carbocycles. The van der Waals surface area contributed by atoms with Gasteiger partial charge in [0.05, 0.1) is 11.7 Å². The third-order valence-electron chi connectivity index (χ3n) is 3.50. The molecule has 0 aromatic heterocycles. The lowest BCUT2D eigenvalue weighted by atomic mass is 10.1. The summed E-state index contributed by atoms with van der Waals surface area (Å²) in [4.78, 5) is 12.1. The summed E-state index contributed by atoms with van der Waals surface area (Å²) >= 11 is 2.26. The topological polar surface area (TPSA) is 44.8 Å². The number of carbonyl (C=O) groups is 1. The fourth-order valence-electron chi connectivity index (χ4n) is 2.61. The molecule has 1 aliphatic rings. The minimum Gasteiger partial charge on any atom is -0.459 e. The van der Waals surface area contributed by atoms with E-state index in [1.54, 1.807) is 12.1 Å². The summed E-state index contributed by atoms with van der Waals surface area (Å²) in [6, 6.07) is 9.01. The van der Waals surface area contributed by atoms with Crippen molar-refractivity contribution in [1.82, 2.24) is 0 Å². The monoisotopic (exact) mass is 430 g/mol. The van der Waals surface area contributed by atoms with Gasteiger partial charge in [-0.2, -0.15) is 0 Å². The Morgan fingerprint density at radius 3 is 2.61 bits per heavy atom. The summed E-state index contributed by atoms with van der Waals surface area (Å²) in [5, 5.41) is 0. The third kappa shape index (κ3) is 5.58. The van der Waals surface area contributed by atoms with Crippen LogP contribution in [0.3, 0.4) is 0 Å². The first kappa shape index (κ1) is 18.4. The van der Waals surface area contributed by atoms with E-state index in [0.717, 1.165) is 3.58 Å². The van der Waals surface area contributed by atoms with Gasteiger partial charge in [-0.05, 0) is 72.1 Å². The third-order valence-corrected chi connectivity index (χ3v) is 3.86. The van der Waals surface area contributed by atoms with Crippen molar-refractivity contribution in [2.75, 3.05) is 0 Å². The number of carbonyl (C=O) groups excluding carboxylic acids is 1. The van der Waals surface area contributed by atoms with E-state index in [9.17, 15) is 4.79 Å². The lowest BCUT2D eigenvalue weighted by Gasteiger charge is -2.20. The fraction of sp³-hybridized carbons (Fsp3) is 0.500. The molecule has 0 radical (unpaired) electrons. The molecule has 0 unspecified atom stereocenters. The maximum Gasteiger partial charge on any atom is 0.338 e. The highest BCUT2D eigenvalue weighted by atomic mass is 127. The number of ether oxygens (including phenoxy) is 3. The van der Waals surface area contributed by atoms with Gasteiger partial charge in [0.25, 0.3) is 0 Å². The molecule has 0 amide bonds. The van der Waals surface area contributed by atoms with E-state index in [2.05, 4.69) is 22.6 Å². The Balaban J connectivity index is 1.97. The number of rotatable bonds is 5. The van der Waals surface area contributed by atoms with Crippen molar-refractivity contribution in [1.29, 1.82) is 0 Å².